The number of thioether (sulfide) groups is 1. The Kier molecular flexibility index (Phi) is 5.24. The summed E-state index contributed by atoms with van der Waals surface area (Å²) in [6, 6.07) is 8.58. The summed E-state index contributed by atoms with van der Waals surface area (Å²) in [4.78, 5) is 36.2. The van der Waals surface area contributed by atoms with E-state index in [2.05, 4.69) is 0 Å². The number of amides is 2. The molecule has 1 heterocycles. The van der Waals surface area contributed by atoms with Crippen LogP contribution < -0.4 is 4.90 Å². The molecule has 10 heteroatoms. The number of halogens is 3. The standard InChI is InChI=1S/C16H7Cl3N2O4S/c17-9-1-3-10(4-2-9)20-15(22)14(26-16(20)23)6-8-5-13(21(24)25)12(19)7-11(8)18/h1-7H/b14-6+. The van der Waals surface area contributed by atoms with Crippen molar-refractivity contribution in [3.05, 3.63) is 72.0 Å². The third kappa shape index (κ3) is 3.57. The molecule has 2 amide bonds. The Bertz CT molecular complexity index is 976. The highest BCUT2D eigenvalue weighted by Crippen LogP contribution is 2.38. The van der Waals surface area contributed by atoms with Gasteiger partial charge in [0.25, 0.3) is 16.8 Å². The Labute approximate surface area is 166 Å². The van der Waals surface area contributed by atoms with Crippen LogP contribution >= 0.6 is 46.6 Å². The second-order valence-corrected chi connectivity index (χ2v) is 7.32. The Balaban J connectivity index is 1.99. The number of benzene rings is 2. The van der Waals surface area contributed by atoms with Crippen LogP contribution in [0.1, 0.15) is 5.56 Å². The van der Waals surface area contributed by atoms with Crippen LogP contribution in [0.5, 0.6) is 0 Å². The van der Waals surface area contributed by atoms with Crippen LogP contribution in [0.25, 0.3) is 6.08 Å². The molecule has 0 bridgehead atoms. The first-order valence-electron chi connectivity index (χ1n) is 6.95. The number of anilines is 1. The fraction of sp³-hybridized carbons (Fsp3) is 0. The van der Waals surface area contributed by atoms with E-state index in [1.54, 1.807) is 24.3 Å². The number of nitro benzene ring substituents is 1. The van der Waals surface area contributed by atoms with Gasteiger partial charge in [-0.2, -0.15) is 0 Å². The lowest BCUT2D eigenvalue weighted by Crippen LogP contribution is -2.27. The van der Waals surface area contributed by atoms with E-state index >= 15 is 0 Å². The predicted molar refractivity (Wildman–Crippen MR) is 103 cm³/mol. The molecule has 132 valence electrons. The van der Waals surface area contributed by atoms with E-state index in [1.165, 1.54) is 12.1 Å². The summed E-state index contributed by atoms with van der Waals surface area (Å²) in [5.74, 6) is -0.559. The van der Waals surface area contributed by atoms with Gasteiger partial charge >= 0.3 is 0 Å². The Hall–Kier alpha value is -2.06. The monoisotopic (exact) mass is 428 g/mol. The number of hydrogen-bond donors (Lipinski definition) is 0. The van der Waals surface area contributed by atoms with E-state index in [9.17, 15) is 19.7 Å². The molecule has 3 rings (SSSR count). The van der Waals surface area contributed by atoms with Crippen molar-refractivity contribution in [2.45, 2.75) is 0 Å². The van der Waals surface area contributed by atoms with Crippen molar-refractivity contribution in [2.75, 3.05) is 4.90 Å². The van der Waals surface area contributed by atoms with Gasteiger partial charge in [-0.05, 0) is 48.2 Å². The molecule has 0 unspecified atom stereocenters. The minimum absolute atomic E-state index is 0.0865. The van der Waals surface area contributed by atoms with Crippen LogP contribution in [0.3, 0.4) is 0 Å². The number of carbonyl (C=O) groups is 2. The van der Waals surface area contributed by atoms with Crippen LogP contribution in [0.4, 0.5) is 16.2 Å². The van der Waals surface area contributed by atoms with Gasteiger partial charge in [0.1, 0.15) is 5.02 Å². The second-order valence-electron chi connectivity index (χ2n) is 5.08. The van der Waals surface area contributed by atoms with Gasteiger partial charge in [0.05, 0.1) is 15.5 Å². The summed E-state index contributed by atoms with van der Waals surface area (Å²) in [5, 5.41) is 11.0. The molecule has 0 atom stereocenters. The lowest BCUT2D eigenvalue weighted by Gasteiger charge is -2.12. The van der Waals surface area contributed by atoms with Crippen LogP contribution in [0.15, 0.2) is 41.3 Å². The summed E-state index contributed by atoms with van der Waals surface area (Å²) in [7, 11) is 0. The van der Waals surface area contributed by atoms with E-state index < -0.39 is 16.1 Å². The zero-order valence-corrected chi connectivity index (χ0v) is 15.7. The molecule has 0 aliphatic carbocycles. The molecule has 0 N–H and O–H groups in total. The van der Waals surface area contributed by atoms with Crippen LogP contribution in [-0.4, -0.2) is 16.1 Å². The fourth-order valence-corrected chi connectivity index (χ4v) is 3.69. The van der Waals surface area contributed by atoms with Crippen LogP contribution in [0.2, 0.25) is 15.1 Å². The summed E-state index contributed by atoms with van der Waals surface area (Å²) >= 11 is 18.4. The minimum Gasteiger partial charge on any atom is -0.268 e. The molecule has 0 radical (unpaired) electrons. The summed E-state index contributed by atoms with van der Waals surface area (Å²) in [5.41, 5.74) is 0.233. The fourth-order valence-electron chi connectivity index (χ4n) is 2.23. The lowest BCUT2D eigenvalue weighted by molar-refractivity contribution is -0.384. The van der Waals surface area contributed by atoms with Gasteiger partial charge in [-0.3, -0.25) is 19.7 Å². The first kappa shape index (κ1) is 18.7. The summed E-state index contributed by atoms with van der Waals surface area (Å²) < 4.78 is 0. The van der Waals surface area contributed by atoms with Crippen LogP contribution in [0, 0.1) is 10.1 Å². The van der Waals surface area contributed by atoms with Crippen LogP contribution in [-0.2, 0) is 4.79 Å². The van der Waals surface area contributed by atoms with E-state index in [4.69, 9.17) is 34.8 Å². The van der Waals surface area contributed by atoms with Gasteiger partial charge in [-0.25, -0.2) is 4.90 Å². The SMILES string of the molecule is O=C1S/C(=C/c2cc([N+](=O)[O-])c(Cl)cc2Cl)C(=O)N1c1ccc(Cl)cc1. The maximum Gasteiger partial charge on any atom is 0.298 e. The maximum absolute atomic E-state index is 12.6. The molecule has 26 heavy (non-hydrogen) atoms. The molecule has 1 fully saturated rings. The minimum atomic E-state index is -0.657. The predicted octanol–water partition coefficient (Wildman–Crippen LogP) is 5.80. The lowest BCUT2D eigenvalue weighted by atomic mass is 10.1. The largest absolute Gasteiger partial charge is 0.298 e. The van der Waals surface area contributed by atoms with Crippen molar-refractivity contribution < 1.29 is 14.5 Å². The van der Waals surface area contributed by atoms with Crippen molar-refractivity contribution in [1.29, 1.82) is 0 Å². The number of rotatable bonds is 3. The molecule has 2 aromatic rings. The Morgan fingerprint density at radius 3 is 2.31 bits per heavy atom. The molecule has 6 nitrogen and oxygen atoms in total. The first-order valence-corrected chi connectivity index (χ1v) is 8.90. The highest BCUT2D eigenvalue weighted by Gasteiger charge is 2.36. The number of carbonyl (C=O) groups excluding carboxylic acids is 2. The molecule has 0 aromatic heterocycles. The average Bonchev–Trinajstić information content (AvgIpc) is 2.84. The highest BCUT2D eigenvalue weighted by molar-refractivity contribution is 8.19. The molecule has 1 saturated heterocycles. The van der Waals surface area contributed by atoms with E-state index in [-0.39, 0.29) is 26.2 Å². The van der Waals surface area contributed by atoms with Crippen molar-refractivity contribution in [2.24, 2.45) is 0 Å². The number of hydrogen-bond acceptors (Lipinski definition) is 5. The van der Waals surface area contributed by atoms with Gasteiger partial charge in [0.15, 0.2) is 0 Å². The number of imide groups is 1. The molecule has 0 spiro atoms. The Morgan fingerprint density at radius 1 is 1.04 bits per heavy atom. The van der Waals surface area contributed by atoms with E-state index in [0.29, 0.717) is 22.5 Å². The zero-order chi connectivity index (χ0) is 19.0. The maximum atomic E-state index is 12.6. The van der Waals surface area contributed by atoms with Crippen molar-refractivity contribution in [3.8, 4) is 0 Å². The topological polar surface area (TPSA) is 80.5 Å². The highest BCUT2D eigenvalue weighted by atomic mass is 35.5. The van der Waals surface area contributed by atoms with E-state index in [0.717, 1.165) is 11.0 Å². The van der Waals surface area contributed by atoms with Gasteiger partial charge in [-0.1, -0.05) is 34.8 Å². The summed E-state index contributed by atoms with van der Waals surface area (Å²) in [6.07, 6.45) is 1.33. The molecule has 2 aromatic carbocycles. The molecular formula is C16H7Cl3N2O4S. The molecule has 1 aliphatic rings. The number of nitro groups is 1. The molecular weight excluding hydrogens is 423 g/mol. The van der Waals surface area contributed by atoms with Crippen molar-refractivity contribution >= 4 is 75.2 Å². The third-order valence-electron chi connectivity index (χ3n) is 3.43. The van der Waals surface area contributed by atoms with Gasteiger partial charge in [-0.15, -0.1) is 0 Å². The average molecular weight is 430 g/mol. The summed E-state index contributed by atoms with van der Waals surface area (Å²) in [6.45, 7) is 0. The first-order chi connectivity index (χ1) is 12.3. The molecule has 0 saturated carbocycles. The Morgan fingerprint density at radius 2 is 1.69 bits per heavy atom. The molecule has 1 aliphatic heterocycles. The van der Waals surface area contributed by atoms with Gasteiger partial charge in [0, 0.05) is 21.7 Å². The van der Waals surface area contributed by atoms with E-state index in [1.807, 2.05) is 0 Å². The zero-order valence-electron chi connectivity index (χ0n) is 12.6. The number of nitrogens with zero attached hydrogens (tertiary/aromatic N) is 2. The van der Waals surface area contributed by atoms with Gasteiger partial charge in [0.2, 0.25) is 0 Å². The van der Waals surface area contributed by atoms with Crippen molar-refractivity contribution in [1.82, 2.24) is 0 Å². The normalized spacial score (nSPS) is 15.8. The smallest absolute Gasteiger partial charge is 0.268 e. The van der Waals surface area contributed by atoms with Crippen molar-refractivity contribution in [3.63, 3.8) is 0 Å². The van der Waals surface area contributed by atoms with Gasteiger partial charge < -0.3 is 0 Å². The quantitative estimate of drug-likeness (QED) is 0.350. The second kappa shape index (κ2) is 7.28. The third-order valence-corrected chi connectivity index (χ3v) is 5.18.